The molecule has 0 saturated carbocycles. The van der Waals surface area contributed by atoms with Gasteiger partial charge in [0.25, 0.3) is 0 Å². The smallest absolute Gasteiger partial charge is 0.187 e. The lowest BCUT2D eigenvalue weighted by Gasteiger charge is -2.19. The molecule has 0 unspecified atom stereocenters. The number of hydrogen-bond acceptors (Lipinski definition) is 4. The summed E-state index contributed by atoms with van der Waals surface area (Å²) >= 11 is 3.08. The van der Waals surface area contributed by atoms with Crippen LogP contribution in [0, 0.1) is 5.82 Å². The number of thioether (sulfide) groups is 2. The minimum Gasteiger partial charge on any atom is -0.497 e. The summed E-state index contributed by atoms with van der Waals surface area (Å²) in [6.07, 6.45) is 1.64. The summed E-state index contributed by atoms with van der Waals surface area (Å²) < 4.78 is 19.0. The fourth-order valence-electron chi connectivity index (χ4n) is 1.95. The zero-order valence-electron chi connectivity index (χ0n) is 14.7. The third kappa shape index (κ3) is 6.59. The van der Waals surface area contributed by atoms with Crippen molar-refractivity contribution in [2.45, 2.75) is 30.4 Å². The van der Waals surface area contributed by atoms with Crippen molar-refractivity contribution >= 4 is 29.3 Å². The predicted octanol–water partition coefficient (Wildman–Crippen LogP) is 6.18. The Kier molecular flexibility index (Phi) is 6.73. The van der Waals surface area contributed by atoms with Gasteiger partial charge in [0.15, 0.2) is 5.78 Å². The van der Waals surface area contributed by atoms with Crippen LogP contribution >= 0.6 is 23.5 Å². The first-order chi connectivity index (χ1) is 11.8. The van der Waals surface area contributed by atoms with Crippen LogP contribution in [0.5, 0.6) is 5.75 Å². The van der Waals surface area contributed by atoms with Gasteiger partial charge in [-0.15, -0.1) is 11.8 Å². The van der Waals surface area contributed by atoms with Crippen LogP contribution in [0.1, 0.15) is 31.1 Å². The number of ketones is 1. The second-order valence-electron chi connectivity index (χ2n) is 6.33. The molecule has 2 rings (SSSR count). The molecule has 0 heterocycles. The van der Waals surface area contributed by atoms with Crippen molar-refractivity contribution in [2.75, 3.05) is 7.11 Å². The molecule has 0 aromatic heterocycles. The number of halogens is 1. The molecule has 0 saturated heterocycles. The molecule has 0 aliphatic rings. The summed E-state index contributed by atoms with van der Waals surface area (Å²) in [6, 6.07) is 13.3. The fraction of sp³-hybridized carbons (Fsp3) is 0.250. The highest BCUT2D eigenvalue weighted by Crippen LogP contribution is 2.41. The van der Waals surface area contributed by atoms with Gasteiger partial charge in [-0.25, -0.2) is 4.39 Å². The van der Waals surface area contributed by atoms with Crippen molar-refractivity contribution in [3.05, 3.63) is 70.2 Å². The number of carbonyl (C=O) groups is 1. The molecule has 0 aliphatic carbocycles. The molecule has 2 aromatic carbocycles. The van der Waals surface area contributed by atoms with Gasteiger partial charge >= 0.3 is 0 Å². The fourth-order valence-corrected chi connectivity index (χ4v) is 4.59. The number of benzene rings is 2. The number of carbonyl (C=O) groups excluding carboxylic acids is 1. The average molecular weight is 377 g/mol. The van der Waals surface area contributed by atoms with Crippen LogP contribution in [-0.2, 0) is 0 Å². The molecule has 0 amide bonds. The van der Waals surface area contributed by atoms with E-state index in [9.17, 15) is 9.18 Å². The van der Waals surface area contributed by atoms with Gasteiger partial charge < -0.3 is 4.74 Å². The lowest BCUT2D eigenvalue weighted by Crippen LogP contribution is -2.07. The highest BCUT2D eigenvalue weighted by Gasteiger charge is 2.17. The van der Waals surface area contributed by atoms with Gasteiger partial charge in [0, 0.05) is 25.5 Å². The number of ether oxygens (including phenoxy) is 1. The Morgan fingerprint density at radius 1 is 1.04 bits per heavy atom. The largest absolute Gasteiger partial charge is 0.497 e. The van der Waals surface area contributed by atoms with Crippen LogP contribution < -0.4 is 4.74 Å². The van der Waals surface area contributed by atoms with Crippen molar-refractivity contribution in [1.29, 1.82) is 0 Å². The Morgan fingerprint density at radius 2 is 1.64 bits per heavy atom. The first-order valence-corrected chi connectivity index (χ1v) is 9.43. The van der Waals surface area contributed by atoms with E-state index in [1.165, 1.54) is 23.9 Å². The number of rotatable bonds is 6. The van der Waals surface area contributed by atoms with Crippen molar-refractivity contribution < 1.29 is 13.9 Å². The van der Waals surface area contributed by atoms with E-state index < -0.39 is 0 Å². The molecule has 132 valence electrons. The zero-order valence-corrected chi connectivity index (χ0v) is 16.3. The van der Waals surface area contributed by atoms with E-state index >= 15 is 0 Å². The maximum Gasteiger partial charge on any atom is 0.187 e. The van der Waals surface area contributed by atoms with Gasteiger partial charge in [-0.1, -0.05) is 32.5 Å². The monoisotopic (exact) mass is 376 g/mol. The quantitative estimate of drug-likeness (QED) is 0.341. The van der Waals surface area contributed by atoms with E-state index in [0.29, 0.717) is 11.3 Å². The van der Waals surface area contributed by atoms with Gasteiger partial charge in [-0.3, -0.25) is 4.79 Å². The third-order valence-corrected chi connectivity index (χ3v) is 5.32. The summed E-state index contributed by atoms with van der Waals surface area (Å²) in [6.45, 7) is 6.28. The SMILES string of the molecule is COc1ccc(C(=O)/C=C(\Sc2ccc(F)cc2)SC(C)(C)C)cc1. The molecule has 2 nitrogen and oxygen atoms in total. The lowest BCUT2D eigenvalue weighted by atomic mass is 10.1. The molecular weight excluding hydrogens is 355 g/mol. The summed E-state index contributed by atoms with van der Waals surface area (Å²) in [5, 5.41) is 0. The Labute approximate surface area is 156 Å². The minimum absolute atomic E-state index is 0.0426. The molecule has 0 N–H and O–H groups in total. The molecule has 5 heteroatoms. The van der Waals surface area contributed by atoms with E-state index in [1.54, 1.807) is 61.3 Å². The molecule has 0 aliphatic heterocycles. The molecule has 0 atom stereocenters. The van der Waals surface area contributed by atoms with Crippen LogP contribution in [0.4, 0.5) is 4.39 Å². The molecule has 0 spiro atoms. The average Bonchev–Trinajstić information content (AvgIpc) is 2.55. The van der Waals surface area contributed by atoms with E-state index in [-0.39, 0.29) is 16.3 Å². The van der Waals surface area contributed by atoms with Crippen LogP contribution in [0.25, 0.3) is 0 Å². The Bertz CT molecular complexity index is 745. The Balaban J connectivity index is 2.24. The van der Waals surface area contributed by atoms with Crippen molar-refractivity contribution in [1.82, 2.24) is 0 Å². The molecule has 2 aromatic rings. The van der Waals surface area contributed by atoms with Gasteiger partial charge in [0.05, 0.1) is 7.11 Å². The zero-order chi connectivity index (χ0) is 18.4. The van der Waals surface area contributed by atoms with Crippen LogP contribution in [0.3, 0.4) is 0 Å². The Hall–Kier alpha value is -1.72. The highest BCUT2D eigenvalue weighted by atomic mass is 32.2. The topological polar surface area (TPSA) is 26.3 Å². The molecular formula is C20H21FO2S2. The molecule has 0 fully saturated rings. The van der Waals surface area contributed by atoms with Crippen LogP contribution in [0.2, 0.25) is 0 Å². The summed E-state index contributed by atoms with van der Waals surface area (Å²) in [5.74, 6) is 0.377. The molecule has 25 heavy (non-hydrogen) atoms. The second-order valence-corrected chi connectivity index (χ2v) is 9.57. The standard InChI is InChI=1S/C20H21FO2S2/c1-20(2,3)25-19(24-17-11-7-15(21)8-12-17)13-18(22)14-5-9-16(23-4)10-6-14/h5-13H,1-4H3/b19-13+. The normalized spacial score (nSPS) is 12.1. The number of methoxy groups -OCH3 is 1. The maximum atomic E-state index is 13.1. The third-order valence-electron chi connectivity index (χ3n) is 3.06. The summed E-state index contributed by atoms with van der Waals surface area (Å²) in [5.41, 5.74) is 0.604. The van der Waals surface area contributed by atoms with Crippen molar-refractivity contribution in [3.8, 4) is 5.75 Å². The van der Waals surface area contributed by atoms with Crippen molar-refractivity contribution in [3.63, 3.8) is 0 Å². The minimum atomic E-state index is -0.271. The summed E-state index contributed by atoms with van der Waals surface area (Å²) in [4.78, 5) is 13.5. The van der Waals surface area contributed by atoms with E-state index in [4.69, 9.17) is 4.74 Å². The predicted molar refractivity (Wildman–Crippen MR) is 105 cm³/mol. The van der Waals surface area contributed by atoms with E-state index in [1.807, 2.05) is 0 Å². The van der Waals surface area contributed by atoms with Crippen molar-refractivity contribution in [2.24, 2.45) is 0 Å². The second kappa shape index (κ2) is 8.59. The van der Waals surface area contributed by atoms with Gasteiger partial charge in [-0.05, 0) is 48.5 Å². The lowest BCUT2D eigenvalue weighted by molar-refractivity contribution is 0.104. The highest BCUT2D eigenvalue weighted by molar-refractivity contribution is 8.22. The molecule has 0 bridgehead atoms. The van der Waals surface area contributed by atoms with Gasteiger partial charge in [-0.2, -0.15) is 0 Å². The Morgan fingerprint density at radius 3 is 2.16 bits per heavy atom. The van der Waals surface area contributed by atoms with Gasteiger partial charge in [0.2, 0.25) is 0 Å². The van der Waals surface area contributed by atoms with E-state index in [2.05, 4.69) is 20.8 Å². The molecule has 0 radical (unpaired) electrons. The first kappa shape index (κ1) is 19.6. The van der Waals surface area contributed by atoms with Crippen LogP contribution in [0.15, 0.2) is 63.7 Å². The number of allylic oxidation sites excluding steroid dienone is 1. The first-order valence-electron chi connectivity index (χ1n) is 7.79. The van der Waals surface area contributed by atoms with Gasteiger partial charge in [0.1, 0.15) is 11.6 Å². The van der Waals surface area contributed by atoms with Crippen LogP contribution in [-0.4, -0.2) is 17.6 Å². The number of hydrogen-bond donors (Lipinski definition) is 0. The summed E-state index contributed by atoms with van der Waals surface area (Å²) in [7, 11) is 1.59. The van der Waals surface area contributed by atoms with E-state index in [0.717, 1.165) is 9.13 Å². The maximum absolute atomic E-state index is 13.1.